The molecule has 1 aliphatic heterocycles. The van der Waals surface area contributed by atoms with Gasteiger partial charge >= 0.3 is 0 Å². The number of aromatic amines is 1. The van der Waals surface area contributed by atoms with E-state index in [0.29, 0.717) is 61.2 Å². The summed E-state index contributed by atoms with van der Waals surface area (Å²) in [6.45, 7) is 6.97. The Morgan fingerprint density at radius 2 is 1.85 bits per heavy atom. The third kappa shape index (κ3) is 6.91. The van der Waals surface area contributed by atoms with E-state index in [1.807, 2.05) is 37.4 Å². The lowest BCUT2D eigenvalue weighted by atomic mass is 10.0. The largest absolute Gasteiger partial charge is 0.361 e. The van der Waals surface area contributed by atoms with Crippen molar-refractivity contribution < 1.29 is 14.4 Å². The van der Waals surface area contributed by atoms with Crippen molar-refractivity contribution in [1.82, 2.24) is 44.7 Å². The number of pyridine rings is 1. The molecule has 12 nitrogen and oxygen atoms in total. The number of H-pyrrole nitrogens is 1. The lowest BCUT2D eigenvalue weighted by Gasteiger charge is -2.27. The minimum absolute atomic E-state index is 0.144. The molecule has 0 aliphatic carbocycles. The van der Waals surface area contributed by atoms with Crippen LogP contribution in [0, 0.1) is 12.8 Å². The van der Waals surface area contributed by atoms with Gasteiger partial charge in [-0.25, -0.2) is 14.6 Å². The van der Waals surface area contributed by atoms with E-state index < -0.39 is 12.1 Å². The zero-order chi connectivity index (χ0) is 32.4. The number of para-hydroxylation sites is 1. The number of benzene rings is 1. The topological polar surface area (TPSA) is 142 Å². The highest BCUT2D eigenvalue weighted by atomic mass is 35.5. The molecule has 3 N–H and O–H groups in total. The Balaban J connectivity index is 1.31. The average molecular weight is 644 g/mol. The maximum Gasteiger partial charge on any atom is 0.274 e. The minimum Gasteiger partial charge on any atom is -0.361 e. The summed E-state index contributed by atoms with van der Waals surface area (Å²) in [5.41, 5.74) is 2.79. The quantitative estimate of drug-likeness (QED) is 0.262. The number of rotatable bonds is 5. The maximum atomic E-state index is 13.9. The fourth-order valence-corrected chi connectivity index (χ4v) is 6.22. The second-order valence-corrected chi connectivity index (χ2v) is 12.7. The molecule has 5 heterocycles. The Hall–Kier alpha value is -4.71. The van der Waals surface area contributed by atoms with E-state index in [2.05, 4.69) is 39.5 Å². The Kier molecular flexibility index (Phi) is 9.07. The molecular formula is C33H38ClN9O3. The lowest BCUT2D eigenvalue weighted by Crippen LogP contribution is -2.49. The third-order valence-corrected chi connectivity index (χ3v) is 8.45. The maximum absolute atomic E-state index is 13.9. The van der Waals surface area contributed by atoms with Gasteiger partial charge in [-0.05, 0) is 49.4 Å². The highest BCUT2D eigenvalue weighted by Crippen LogP contribution is 2.23. The zero-order valence-corrected chi connectivity index (χ0v) is 26.9. The van der Waals surface area contributed by atoms with Crippen molar-refractivity contribution in [2.45, 2.75) is 65.1 Å². The van der Waals surface area contributed by atoms with Crippen LogP contribution in [0.5, 0.6) is 0 Å². The van der Waals surface area contributed by atoms with Crippen molar-refractivity contribution in [3.05, 3.63) is 82.9 Å². The van der Waals surface area contributed by atoms with Gasteiger partial charge in [0.2, 0.25) is 11.8 Å². The van der Waals surface area contributed by atoms with Crippen LogP contribution in [0.2, 0.25) is 5.02 Å². The van der Waals surface area contributed by atoms with Gasteiger partial charge in [-0.3, -0.25) is 14.4 Å². The Morgan fingerprint density at radius 1 is 1.02 bits per heavy atom. The summed E-state index contributed by atoms with van der Waals surface area (Å²) in [5.74, 6) is 0.626. The summed E-state index contributed by atoms with van der Waals surface area (Å²) in [6, 6.07) is 10.1. The molecule has 46 heavy (non-hydrogen) atoms. The molecule has 0 fully saturated rings. The number of halogens is 1. The van der Waals surface area contributed by atoms with Crippen LogP contribution in [0.1, 0.15) is 66.9 Å². The van der Waals surface area contributed by atoms with Crippen molar-refractivity contribution in [2.75, 3.05) is 13.1 Å². The van der Waals surface area contributed by atoms with Gasteiger partial charge in [0.1, 0.15) is 29.0 Å². The monoisotopic (exact) mass is 643 g/mol. The van der Waals surface area contributed by atoms with Gasteiger partial charge in [0.15, 0.2) is 0 Å². The number of amides is 3. The van der Waals surface area contributed by atoms with E-state index in [4.69, 9.17) is 16.6 Å². The normalized spacial score (nSPS) is 18.4. The second-order valence-electron chi connectivity index (χ2n) is 12.2. The third-order valence-electron chi connectivity index (χ3n) is 8.23. The van der Waals surface area contributed by atoms with E-state index in [9.17, 15) is 14.4 Å². The van der Waals surface area contributed by atoms with Crippen molar-refractivity contribution in [2.24, 2.45) is 5.92 Å². The molecule has 5 aromatic rings. The molecule has 0 radical (unpaired) electrons. The zero-order valence-electron chi connectivity index (χ0n) is 26.2. The standard InChI is InChI=1S/C33H38ClN9O3/c1-20(2)15-26-31-36-21(3)40-43(31)14-13-41(33(46)28-19-42-18-23(34)10-11-29(42)37-28)12-6-9-30(44)38-27(32(45)39-26)16-22-17-35-25-8-5-4-7-24(22)25/h4-5,7-8,10-11,17-20,26-27,35H,6,9,12-16H2,1-3H3,(H,38,44)(H,39,45)/t26-,27+/m0/s1. The Morgan fingerprint density at radius 3 is 2.67 bits per heavy atom. The molecule has 0 spiro atoms. The van der Waals surface area contributed by atoms with Gasteiger partial charge in [-0.15, -0.1) is 0 Å². The molecule has 0 saturated carbocycles. The molecule has 13 heteroatoms. The van der Waals surface area contributed by atoms with Crippen LogP contribution in [-0.2, 0) is 22.6 Å². The molecule has 1 aromatic carbocycles. The molecule has 1 aliphatic rings. The summed E-state index contributed by atoms with van der Waals surface area (Å²) in [7, 11) is 0. The number of carbonyl (C=O) groups is 3. The Labute approximate surface area is 271 Å². The van der Waals surface area contributed by atoms with Crippen molar-refractivity contribution in [3.63, 3.8) is 0 Å². The fraction of sp³-hybridized carbons (Fsp3) is 0.394. The number of hydrogen-bond acceptors (Lipinski definition) is 6. The number of nitrogens with zero attached hydrogens (tertiary/aromatic N) is 6. The summed E-state index contributed by atoms with van der Waals surface area (Å²) in [4.78, 5) is 55.2. The number of fused-ring (bicyclic) bond motifs is 3. The van der Waals surface area contributed by atoms with Gasteiger partial charge in [-0.2, -0.15) is 5.10 Å². The molecule has 6 rings (SSSR count). The van der Waals surface area contributed by atoms with Gasteiger partial charge in [0.05, 0.1) is 17.6 Å². The number of nitrogens with one attached hydrogen (secondary N) is 3. The van der Waals surface area contributed by atoms with Crippen LogP contribution in [0.3, 0.4) is 0 Å². The first-order chi connectivity index (χ1) is 22.1. The highest BCUT2D eigenvalue weighted by Gasteiger charge is 2.29. The number of carbonyl (C=O) groups excluding carboxylic acids is 3. The van der Waals surface area contributed by atoms with Gasteiger partial charge in [0.25, 0.3) is 5.91 Å². The number of hydrogen-bond donors (Lipinski definition) is 3. The van der Waals surface area contributed by atoms with E-state index in [0.717, 1.165) is 16.5 Å². The van der Waals surface area contributed by atoms with Crippen LogP contribution in [0.4, 0.5) is 0 Å². The average Bonchev–Trinajstić information content (AvgIpc) is 3.73. The van der Waals surface area contributed by atoms with Crippen LogP contribution in [0.25, 0.3) is 16.6 Å². The fourth-order valence-electron chi connectivity index (χ4n) is 6.05. The number of aromatic nitrogens is 6. The van der Waals surface area contributed by atoms with Crippen LogP contribution in [0.15, 0.2) is 55.0 Å². The summed E-state index contributed by atoms with van der Waals surface area (Å²) >= 11 is 6.15. The minimum atomic E-state index is -0.815. The first kappa shape index (κ1) is 31.3. The molecule has 3 amide bonds. The smallest absolute Gasteiger partial charge is 0.274 e. The van der Waals surface area contributed by atoms with Crippen LogP contribution >= 0.6 is 11.6 Å². The van der Waals surface area contributed by atoms with Gasteiger partial charge in [0, 0.05) is 55.4 Å². The summed E-state index contributed by atoms with van der Waals surface area (Å²) in [6.07, 6.45) is 6.72. The van der Waals surface area contributed by atoms with Crippen LogP contribution in [-0.4, -0.2) is 70.9 Å². The second kappa shape index (κ2) is 13.3. The van der Waals surface area contributed by atoms with Crippen LogP contribution < -0.4 is 10.6 Å². The SMILES string of the molecule is Cc1nc2n(n1)CCN(C(=O)c1cn3cc(Cl)ccc3n1)CCCC(=O)N[C@H](Cc1c[nH]c3ccccc13)C(=O)N[C@H]2CC(C)C. The van der Waals surface area contributed by atoms with E-state index in [1.165, 1.54) is 0 Å². The van der Waals surface area contributed by atoms with E-state index in [1.54, 1.807) is 38.5 Å². The highest BCUT2D eigenvalue weighted by molar-refractivity contribution is 6.30. The van der Waals surface area contributed by atoms with Gasteiger partial charge < -0.3 is 24.9 Å². The molecule has 2 atom stereocenters. The lowest BCUT2D eigenvalue weighted by molar-refractivity contribution is -0.129. The first-order valence-corrected chi connectivity index (χ1v) is 16.0. The molecule has 0 bridgehead atoms. The van der Waals surface area contributed by atoms with E-state index >= 15 is 0 Å². The molecule has 0 saturated heterocycles. The summed E-state index contributed by atoms with van der Waals surface area (Å²) < 4.78 is 3.50. The van der Waals surface area contributed by atoms with Crippen molar-refractivity contribution >= 4 is 45.9 Å². The van der Waals surface area contributed by atoms with E-state index in [-0.39, 0.29) is 35.8 Å². The van der Waals surface area contributed by atoms with Crippen molar-refractivity contribution in [1.29, 1.82) is 0 Å². The predicted molar refractivity (Wildman–Crippen MR) is 174 cm³/mol. The Bertz CT molecular complexity index is 1890. The first-order valence-electron chi connectivity index (χ1n) is 15.6. The van der Waals surface area contributed by atoms with Crippen molar-refractivity contribution in [3.8, 4) is 0 Å². The predicted octanol–water partition coefficient (Wildman–Crippen LogP) is 4.24. The molecule has 240 valence electrons. The number of aryl methyl sites for hydroxylation is 1. The molecular weight excluding hydrogens is 606 g/mol. The summed E-state index contributed by atoms with van der Waals surface area (Å²) in [5, 5.41) is 12.4. The molecule has 4 aromatic heterocycles. The number of imidazole rings is 1. The van der Waals surface area contributed by atoms with Gasteiger partial charge in [-0.1, -0.05) is 43.6 Å². The molecule has 0 unspecified atom stereocenters.